The number of terminal acetylenes is 1. The number of fused-ring (bicyclic) bond motifs is 5. The Balaban J connectivity index is 1.24. The van der Waals surface area contributed by atoms with Crippen molar-refractivity contribution in [3.63, 3.8) is 0 Å². The number of hydrogen-bond acceptors (Lipinski definition) is 2. The molecule has 0 aromatic heterocycles. The lowest BCUT2D eigenvalue weighted by atomic mass is 9.47. The van der Waals surface area contributed by atoms with Gasteiger partial charge >= 0.3 is 0 Å². The van der Waals surface area contributed by atoms with Crippen molar-refractivity contribution in [2.75, 3.05) is 11.5 Å². The van der Waals surface area contributed by atoms with Gasteiger partial charge in [0.1, 0.15) is 5.78 Å². The summed E-state index contributed by atoms with van der Waals surface area (Å²) in [6, 6.07) is 0. The lowest BCUT2D eigenvalue weighted by Gasteiger charge is -2.58. The van der Waals surface area contributed by atoms with Crippen molar-refractivity contribution in [1.29, 1.82) is 0 Å². The third kappa shape index (κ3) is 7.04. The Morgan fingerprint density at radius 1 is 1.05 bits per heavy atom. The molecule has 0 aromatic carbocycles. The summed E-state index contributed by atoms with van der Waals surface area (Å²) in [6.07, 6.45) is 29.8. The quantitative estimate of drug-likeness (QED) is 0.121. The number of thioether (sulfide) groups is 1. The molecule has 0 N–H and O–H groups in total. The topological polar surface area (TPSA) is 17.1 Å². The van der Waals surface area contributed by atoms with Gasteiger partial charge in [-0.2, -0.15) is 11.8 Å². The van der Waals surface area contributed by atoms with Crippen LogP contribution in [-0.4, -0.2) is 17.3 Å². The first-order valence-corrected chi connectivity index (χ1v) is 18.1. The van der Waals surface area contributed by atoms with Crippen LogP contribution in [0.4, 0.5) is 0 Å². The molecule has 220 valence electrons. The van der Waals surface area contributed by atoms with Crippen molar-refractivity contribution in [2.24, 2.45) is 52.3 Å². The van der Waals surface area contributed by atoms with Crippen LogP contribution in [0.3, 0.4) is 0 Å². The molecule has 1 nitrogen and oxygen atoms in total. The van der Waals surface area contributed by atoms with Crippen LogP contribution < -0.4 is 0 Å². The monoisotopic (exact) mass is 552 g/mol. The van der Waals surface area contributed by atoms with Gasteiger partial charge in [-0.05, 0) is 129 Å². The normalized spacial score (nSPS) is 36.4. The summed E-state index contributed by atoms with van der Waals surface area (Å²) in [6.45, 7) is 12.2. The summed E-state index contributed by atoms with van der Waals surface area (Å²) in [5.74, 6) is 10.5. The van der Waals surface area contributed by atoms with Gasteiger partial charge in [0.2, 0.25) is 0 Å². The van der Waals surface area contributed by atoms with Crippen LogP contribution in [-0.2, 0) is 4.79 Å². The highest BCUT2D eigenvalue weighted by Crippen LogP contribution is 2.67. The van der Waals surface area contributed by atoms with E-state index in [9.17, 15) is 4.79 Å². The summed E-state index contributed by atoms with van der Waals surface area (Å²) in [4.78, 5) is 12.2. The van der Waals surface area contributed by atoms with Crippen molar-refractivity contribution in [2.45, 2.75) is 137 Å². The molecule has 0 heterocycles. The second kappa shape index (κ2) is 14.0. The molecule has 0 bridgehead atoms. The number of ketones is 1. The molecule has 0 aliphatic heterocycles. The third-order valence-corrected chi connectivity index (χ3v) is 13.4. The van der Waals surface area contributed by atoms with Gasteiger partial charge in [0.05, 0.1) is 5.92 Å². The zero-order valence-corrected chi connectivity index (χ0v) is 27.1. The summed E-state index contributed by atoms with van der Waals surface area (Å²) in [7, 11) is 0. The maximum atomic E-state index is 12.2. The van der Waals surface area contributed by atoms with E-state index in [1.165, 1.54) is 95.6 Å². The largest absolute Gasteiger partial charge is 0.298 e. The highest BCUT2D eigenvalue weighted by molar-refractivity contribution is 7.99. The standard InChI is InChI=1S/C37H60OS/c1-7-29(8-2)35(38)21-25-39-24-11-13-28-19-22-37(6)31(26-28)15-17-32-33-18-16-30(14-10-9-12-27(3)4)36(33,5)23-20-34(32)37/h1,15,27-30,32-34H,8-14,16-26H2,2-6H3. The Morgan fingerprint density at radius 3 is 2.62 bits per heavy atom. The van der Waals surface area contributed by atoms with Crippen molar-refractivity contribution in [3.05, 3.63) is 11.6 Å². The Labute approximate surface area is 246 Å². The fourth-order valence-corrected chi connectivity index (χ4v) is 10.8. The predicted octanol–water partition coefficient (Wildman–Crippen LogP) is 10.5. The summed E-state index contributed by atoms with van der Waals surface area (Å²) >= 11 is 1.96. The van der Waals surface area contributed by atoms with E-state index in [4.69, 9.17) is 6.42 Å². The minimum Gasteiger partial charge on any atom is -0.298 e. The van der Waals surface area contributed by atoms with Crippen LogP contribution in [0.1, 0.15) is 137 Å². The smallest absolute Gasteiger partial charge is 0.148 e. The Kier molecular flexibility index (Phi) is 11.2. The van der Waals surface area contributed by atoms with Crippen LogP contribution in [0.25, 0.3) is 0 Å². The number of Topliss-reactive ketones (excluding diaryl/α,β-unsaturated/α-hetero) is 1. The molecule has 4 aliphatic carbocycles. The van der Waals surface area contributed by atoms with Gasteiger partial charge in [-0.1, -0.05) is 71.5 Å². The van der Waals surface area contributed by atoms with E-state index in [0.717, 1.165) is 47.7 Å². The van der Waals surface area contributed by atoms with Crippen molar-refractivity contribution in [3.8, 4) is 12.3 Å². The molecule has 3 saturated carbocycles. The number of allylic oxidation sites excluding steroid dienone is 2. The number of hydrogen-bond donors (Lipinski definition) is 0. The maximum Gasteiger partial charge on any atom is 0.148 e. The molecule has 0 amide bonds. The molecule has 0 aromatic rings. The Morgan fingerprint density at radius 2 is 1.87 bits per heavy atom. The van der Waals surface area contributed by atoms with Crippen LogP contribution in [0, 0.1) is 64.6 Å². The van der Waals surface area contributed by atoms with E-state index in [1.54, 1.807) is 0 Å². The van der Waals surface area contributed by atoms with E-state index in [2.05, 4.69) is 39.7 Å². The van der Waals surface area contributed by atoms with Gasteiger partial charge in [-0.15, -0.1) is 6.42 Å². The third-order valence-electron chi connectivity index (χ3n) is 12.4. The molecule has 4 rings (SSSR count). The van der Waals surface area contributed by atoms with E-state index >= 15 is 0 Å². The fourth-order valence-electron chi connectivity index (χ4n) is 9.87. The first-order chi connectivity index (χ1) is 18.7. The minimum atomic E-state index is -0.168. The fraction of sp³-hybridized carbons (Fsp3) is 0.865. The first kappa shape index (κ1) is 31.3. The summed E-state index contributed by atoms with van der Waals surface area (Å²) in [5, 5.41) is 0. The average molecular weight is 553 g/mol. The molecule has 8 atom stereocenters. The number of rotatable bonds is 14. The van der Waals surface area contributed by atoms with E-state index in [-0.39, 0.29) is 11.7 Å². The van der Waals surface area contributed by atoms with Crippen LogP contribution in [0.2, 0.25) is 0 Å². The lowest BCUT2D eigenvalue weighted by molar-refractivity contribution is -0.120. The SMILES string of the molecule is C#CC(CC)C(=O)CCSCCCC1CCC2(C)C(=CCC3C2CCC2(C)C(CCCCC(C)C)CCC32)C1. The minimum absolute atomic E-state index is 0.168. The lowest BCUT2D eigenvalue weighted by Crippen LogP contribution is -2.50. The molecule has 4 aliphatic rings. The summed E-state index contributed by atoms with van der Waals surface area (Å²) < 4.78 is 0. The molecule has 0 spiro atoms. The zero-order chi connectivity index (χ0) is 28.0. The highest BCUT2D eigenvalue weighted by atomic mass is 32.2. The van der Waals surface area contributed by atoms with Crippen LogP contribution >= 0.6 is 11.8 Å². The molecular weight excluding hydrogens is 492 g/mol. The van der Waals surface area contributed by atoms with Crippen molar-refractivity contribution < 1.29 is 4.79 Å². The van der Waals surface area contributed by atoms with Gasteiger partial charge in [0.15, 0.2) is 0 Å². The molecular formula is C37H60OS. The first-order valence-electron chi connectivity index (χ1n) is 17.0. The average Bonchev–Trinajstić information content (AvgIpc) is 3.25. The highest BCUT2D eigenvalue weighted by Gasteiger charge is 2.58. The summed E-state index contributed by atoms with van der Waals surface area (Å²) in [5.41, 5.74) is 2.96. The molecule has 0 radical (unpaired) electrons. The second-order valence-electron chi connectivity index (χ2n) is 15.0. The predicted molar refractivity (Wildman–Crippen MR) is 171 cm³/mol. The van der Waals surface area contributed by atoms with Gasteiger partial charge in [-0.3, -0.25) is 4.79 Å². The van der Waals surface area contributed by atoms with Gasteiger partial charge < -0.3 is 0 Å². The van der Waals surface area contributed by atoms with E-state index < -0.39 is 0 Å². The van der Waals surface area contributed by atoms with Gasteiger partial charge in [0.25, 0.3) is 0 Å². The maximum absolute atomic E-state index is 12.2. The van der Waals surface area contributed by atoms with Crippen molar-refractivity contribution >= 4 is 17.5 Å². The van der Waals surface area contributed by atoms with Crippen LogP contribution in [0.5, 0.6) is 0 Å². The van der Waals surface area contributed by atoms with Gasteiger partial charge in [0, 0.05) is 12.2 Å². The number of unbranched alkanes of at least 4 members (excludes halogenated alkanes) is 1. The van der Waals surface area contributed by atoms with E-state index in [1.807, 2.05) is 24.3 Å². The molecule has 39 heavy (non-hydrogen) atoms. The Hall–Kier alpha value is -0.680. The second-order valence-corrected chi connectivity index (χ2v) is 16.2. The van der Waals surface area contributed by atoms with Gasteiger partial charge in [-0.25, -0.2) is 0 Å². The Bertz CT molecular complexity index is 880. The number of carbonyl (C=O) groups excluding carboxylic acids is 1. The number of carbonyl (C=O) groups is 1. The molecule has 3 fully saturated rings. The zero-order valence-electron chi connectivity index (χ0n) is 26.2. The van der Waals surface area contributed by atoms with Crippen molar-refractivity contribution in [1.82, 2.24) is 0 Å². The molecule has 8 unspecified atom stereocenters. The molecule has 2 heteroatoms. The van der Waals surface area contributed by atoms with E-state index in [0.29, 0.717) is 17.3 Å². The molecule has 0 saturated heterocycles. The van der Waals surface area contributed by atoms with Crippen LogP contribution in [0.15, 0.2) is 11.6 Å².